The summed E-state index contributed by atoms with van der Waals surface area (Å²) in [5, 5.41) is 9.18. The Morgan fingerprint density at radius 3 is 2.71 bits per heavy atom. The first-order valence-corrected chi connectivity index (χ1v) is 5.46. The highest BCUT2D eigenvalue weighted by molar-refractivity contribution is 5.36. The van der Waals surface area contributed by atoms with E-state index in [1.807, 2.05) is 31.2 Å². The van der Waals surface area contributed by atoms with E-state index in [9.17, 15) is 5.26 Å². The molecule has 0 spiro atoms. The van der Waals surface area contributed by atoms with E-state index in [4.69, 9.17) is 4.74 Å². The molecule has 17 heavy (non-hydrogen) atoms. The van der Waals surface area contributed by atoms with Crippen molar-refractivity contribution in [1.82, 2.24) is 9.97 Å². The van der Waals surface area contributed by atoms with E-state index in [2.05, 4.69) is 16.0 Å². The minimum absolute atomic E-state index is 0.360. The van der Waals surface area contributed by atoms with Crippen molar-refractivity contribution in [3.8, 4) is 11.8 Å². The van der Waals surface area contributed by atoms with E-state index in [1.54, 1.807) is 12.4 Å². The third-order valence-corrected chi connectivity index (χ3v) is 2.45. The largest absolute Gasteiger partial charge is 0.494 e. The molecular weight excluding hydrogens is 214 g/mol. The van der Waals surface area contributed by atoms with E-state index in [1.165, 1.54) is 0 Å². The Kier molecular flexibility index (Phi) is 3.41. The number of nitriles is 1. The number of nitrogens with one attached hydrogen (secondary N) is 1. The van der Waals surface area contributed by atoms with Crippen LogP contribution in [0, 0.1) is 11.3 Å². The van der Waals surface area contributed by atoms with Crippen LogP contribution in [0.3, 0.4) is 0 Å². The van der Waals surface area contributed by atoms with Gasteiger partial charge < -0.3 is 9.72 Å². The zero-order valence-electron chi connectivity index (χ0n) is 9.55. The predicted octanol–water partition coefficient (Wildman–Crippen LogP) is 2.46. The minimum atomic E-state index is -0.360. The van der Waals surface area contributed by atoms with Gasteiger partial charge in [-0.1, -0.05) is 12.1 Å². The zero-order valence-corrected chi connectivity index (χ0v) is 9.55. The summed E-state index contributed by atoms with van der Waals surface area (Å²) in [6, 6.07) is 9.75. The van der Waals surface area contributed by atoms with Crippen molar-refractivity contribution in [2.45, 2.75) is 12.8 Å². The van der Waals surface area contributed by atoms with Crippen molar-refractivity contribution in [3.63, 3.8) is 0 Å². The molecule has 86 valence electrons. The van der Waals surface area contributed by atoms with Gasteiger partial charge >= 0.3 is 0 Å². The lowest BCUT2D eigenvalue weighted by molar-refractivity contribution is 0.340. The number of hydrogen-bond donors (Lipinski definition) is 1. The summed E-state index contributed by atoms with van der Waals surface area (Å²) in [7, 11) is 0. The first-order chi connectivity index (χ1) is 8.35. The number of aromatic amines is 1. The molecule has 0 saturated carbocycles. The van der Waals surface area contributed by atoms with E-state index in [0.717, 1.165) is 11.3 Å². The number of benzene rings is 1. The zero-order chi connectivity index (χ0) is 12.1. The second kappa shape index (κ2) is 5.17. The lowest BCUT2D eigenvalue weighted by Crippen LogP contribution is -2.00. The standard InChI is InChI=1S/C13H13N3O/c1-2-17-11-5-3-10(4-6-11)12(9-14)13-15-7-8-16-13/h3-8,12H,2H2,1H3,(H,15,16). The Hall–Kier alpha value is -2.28. The van der Waals surface area contributed by atoms with E-state index < -0.39 is 0 Å². The van der Waals surface area contributed by atoms with Crippen LogP contribution in [0.15, 0.2) is 36.7 Å². The SMILES string of the molecule is CCOc1ccc(C(C#N)c2ncc[nH]2)cc1. The highest BCUT2D eigenvalue weighted by Gasteiger charge is 2.15. The topological polar surface area (TPSA) is 61.7 Å². The number of nitrogens with zero attached hydrogens (tertiary/aromatic N) is 2. The average molecular weight is 227 g/mol. The maximum Gasteiger partial charge on any atom is 0.129 e. The summed E-state index contributed by atoms with van der Waals surface area (Å²) < 4.78 is 5.36. The van der Waals surface area contributed by atoms with Crippen LogP contribution in [0.5, 0.6) is 5.75 Å². The minimum Gasteiger partial charge on any atom is -0.494 e. The van der Waals surface area contributed by atoms with Crippen LogP contribution in [-0.2, 0) is 0 Å². The van der Waals surface area contributed by atoms with Crippen molar-refractivity contribution < 1.29 is 4.74 Å². The molecule has 0 aliphatic carbocycles. The Morgan fingerprint density at radius 1 is 1.41 bits per heavy atom. The average Bonchev–Trinajstić information content (AvgIpc) is 2.86. The van der Waals surface area contributed by atoms with Crippen LogP contribution in [0.4, 0.5) is 0 Å². The van der Waals surface area contributed by atoms with Gasteiger partial charge in [-0.3, -0.25) is 0 Å². The fourth-order valence-electron chi connectivity index (χ4n) is 1.65. The van der Waals surface area contributed by atoms with E-state index >= 15 is 0 Å². The van der Waals surface area contributed by atoms with Gasteiger partial charge in [0.2, 0.25) is 0 Å². The molecule has 1 heterocycles. The lowest BCUT2D eigenvalue weighted by Gasteiger charge is -2.08. The monoisotopic (exact) mass is 227 g/mol. The summed E-state index contributed by atoms with van der Waals surface area (Å²) in [6.07, 6.45) is 3.36. The van der Waals surface area contributed by atoms with Crippen molar-refractivity contribution >= 4 is 0 Å². The van der Waals surface area contributed by atoms with Crippen molar-refractivity contribution in [3.05, 3.63) is 48.0 Å². The molecule has 0 bridgehead atoms. The molecule has 0 amide bonds. The fourth-order valence-corrected chi connectivity index (χ4v) is 1.65. The Labute approximate surface area is 99.9 Å². The van der Waals surface area contributed by atoms with Gasteiger partial charge in [-0.05, 0) is 24.6 Å². The van der Waals surface area contributed by atoms with Crippen LogP contribution >= 0.6 is 0 Å². The predicted molar refractivity (Wildman–Crippen MR) is 63.7 cm³/mol. The number of rotatable bonds is 4. The van der Waals surface area contributed by atoms with E-state index in [0.29, 0.717) is 12.4 Å². The summed E-state index contributed by atoms with van der Waals surface area (Å²) in [5.41, 5.74) is 0.908. The molecule has 0 radical (unpaired) electrons. The summed E-state index contributed by atoms with van der Waals surface area (Å²) >= 11 is 0. The Bertz CT molecular complexity index is 496. The molecule has 0 aliphatic rings. The van der Waals surface area contributed by atoms with Gasteiger partial charge in [0.15, 0.2) is 0 Å². The van der Waals surface area contributed by atoms with Crippen LogP contribution in [0.25, 0.3) is 0 Å². The normalized spacial score (nSPS) is 11.8. The van der Waals surface area contributed by atoms with Gasteiger partial charge in [0, 0.05) is 12.4 Å². The molecule has 2 aromatic rings. The molecule has 0 aliphatic heterocycles. The third-order valence-electron chi connectivity index (χ3n) is 2.45. The quantitative estimate of drug-likeness (QED) is 0.872. The molecule has 1 aromatic heterocycles. The van der Waals surface area contributed by atoms with Crippen LogP contribution in [0.1, 0.15) is 24.2 Å². The molecule has 4 heteroatoms. The Morgan fingerprint density at radius 2 is 2.18 bits per heavy atom. The molecule has 1 unspecified atom stereocenters. The van der Waals surface area contributed by atoms with Crippen LogP contribution < -0.4 is 4.74 Å². The number of hydrogen-bond acceptors (Lipinski definition) is 3. The molecule has 2 rings (SSSR count). The number of imidazole rings is 1. The van der Waals surface area contributed by atoms with Gasteiger partial charge in [0.25, 0.3) is 0 Å². The molecule has 1 N–H and O–H groups in total. The summed E-state index contributed by atoms with van der Waals surface area (Å²) in [4.78, 5) is 7.07. The van der Waals surface area contributed by atoms with Crippen LogP contribution in [-0.4, -0.2) is 16.6 Å². The maximum atomic E-state index is 9.18. The maximum absolute atomic E-state index is 9.18. The Balaban J connectivity index is 2.24. The van der Waals surface area contributed by atoms with Gasteiger partial charge in [-0.2, -0.15) is 5.26 Å². The fraction of sp³-hybridized carbons (Fsp3) is 0.231. The van der Waals surface area contributed by atoms with Crippen molar-refractivity contribution in [2.24, 2.45) is 0 Å². The first kappa shape index (κ1) is 11.2. The second-order valence-electron chi connectivity index (χ2n) is 3.54. The second-order valence-corrected chi connectivity index (χ2v) is 3.54. The smallest absolute Gasteiger partial charge is 0.129 e. The highest BCUT2D eigenvalue weighted by Crippen LogP contribution is 2.23. The van der Waals surface area contributed by atoms with Gasteiger partial charge in [-0.15, -0.1) is 0 Å². The van der Waals surface area contributed by atoms with Gasteiger partial charge in [0.05, 0.1) is 12.7 Å². The molecular formula is C13H13N3O. The summed E-state index contributed by atoms with van der Waals surface area (Å²) in [6.45, 7) is 2.58. The molecule has 0 saturated heterocycles. The molecule has 4 nitrogen and oxygen atoms in total. The number of aromatic nitrogens is 2. The van der Waals surface area contributed by atoms with Crippen molar-refractivity contribution in [1.29, 1.82) is 5.26 Å². The molecule has 1 atom stereocenters. The van der Waals surface area contributed by atoms with E-state index in [-0.39, 0.29) is 5.92 Å². The lowest BCUT2D eigenvalue weighted by atomic mass is 10.00. The van der Waals surface area contributed by atoms with Crippen molar-refractivity contribution in [2.75, 3.05) is 6.61 Å². The first-order valence-electron chi connectivity index (χ1n) is 5.46. The van der Waals surface area contributed by atoms with Gasteiger partial charge in [0.1, 0.15) is 17.5 Å². The third kappa shape index (κ3) is 2.45. The highest BCUT2D eigenvalue weighted by atomic mass is 16.5. The summed E-state index contributed by atoms with van der Waals surface area (Å²) in [5.74, 6) is 1.12. The number of ether oxygens (including phenoxy) is 1. The van der Waals surface area contributed by atoms with Gasteiger partial charge in [-0.25, -0.2) is 4.98 Å². The van der Waals surface area contributed by atoms with Crippen LogP contribution in [0.2, 0.25) is 0 Å². The molecule has 0 fully saturated rings. The number of H-pyrrole nitrogens is 1. The molecule has 1 aromatic carbocycles.